The number of carbonyl (C=O) groups excluding carboxylic acids is 1. The molecule has 4 rings (SSSR count). The predicted molar refractivity (Wildman–Crippen MR) is 112 cm³/mol. The average Bonchev–Trinajstić information content (AvgIpc) is 3.32. The van der Waals surface area contributed by atoms with Gasteiger partial charge in [0, 0.05) is 26.1 Å². The number of aryl methyl sites for hydroxylation is 1. The lowest BCUT2D eigenvalue weighted by atomic mass is 9.98. The Labute approximate surface area is 175 Å². The lowest BCUT2D eigenvalue weighted by Crippen LogP contribution is -2.40. The molecule has 6 nitrogen and oxygen atoms in total. The van der Waals surface area contributed by atoms with Crippen molar-refractivity contribution in [2.75, 3.05) is 13.1 Å². The third-order valence-corrected chi connectivity index (χ3v) is 9.55. The van der Waals surface area contributed by atoms with Gasteiger partial charge < -0.3 is 4.57 Å². The molecule has 3 heterocycles. The van der Waals surface area contributed by atoms with Gasteiger partial charge in [-0.3, -0.25) is 4.79 Å². The fourth-order valence-electron chi connectivity index (χ4n) is 3.33. The molecule has 28 heavy (non-hydrogen) atoms. The van der Waals surface area contributed by atoms with Crippen molar-refractivity contribution in [2.24, 2.45) is 18.0 Å². The quantitative estimate of drug-likeness (QED) is 0.607. The van der Waals surface area contributed by atoms with Crippen LogP contribution in [0.15, 0.2) is 44.9 Å². The molecule has 0 unspecified atom stereocenters. The summed E-state index contributed by atoms with van der Waals surface area (Å²) in [5, 5.41) is 2.37. The summed E-state index contributed by atoms with van der Waals surface area (Å²) in [6.45, 7) is 0.660. The van der Waals surface area contributed by atoms with Gasteiger partial charge >= 0.3 is 0 Å². The number of amides is 1. The van der Waals surface area contributed by atoms with Crippen molar-refractivity contribution in [1.82, 2.24) is 8.87 Å². The number of thiazole rings is 1. The maximum Gasteiger partial charge on any atom is 0.252 e. The van der Waals surface area contributed by atoms with E-state index in [1.807, 2.05) is 29.8 Å². The zero-order valence-electron chi connectivity index (χ0n) is 15.0. The molecule has 1 fully saturated rings. The SMILES string of the molecule is Cn1c(=NC(=O)C2CCN(S(=O)(=O)c3cccs3)CC2)sc2cccc(Cl)c21. The predicted octanol–water partition coefficient (Wildman–Crippen LogP) is 3.48. The summed E-state index contributed by atoms with van der Waals surface area (Å²) >= 11 is 8.89. The van der Waals surface area contributed by atoms with Gasteiger partial charge in [-0.05, 0) is 36.4 Å². The van der Waals surface area contributed by atoms with Crippen LogP contribution in [-0.4, -0.2) is 36.3 Å². The fourth-order valence-corrected chi connectivity index (χ4v) is 7.35. The number of aromatic nitrogens is 1. The van der Waals surface area contributed by atoms with Crippen molar-refractivity contribution in [2.45, 2.75) is 17.1 Å². The van der Waals surface area contributed by atoms with Crippen LogP contribution in [0.25, 0.3) is 10.2 Å². The summed E-state index contributed by atoms with van der Waals surface area (Å²) in [7, 11) is -1.62. The van der Waals surface area contributed by atoms with Crippen molar-refractivity contribution < 1.29 is 13.2 Å². The first-order chi connectivity index (χ1) is 13.4. The Morgan fingerprint density at radius 3 is 2.61 bits per heavy atom. The first-order valence-electron chi connectivity index (χ1n) is 8.74. The zero-order valence-corrected chi connectivity index (χ0v) is 18.2. The molecule has 0 spiro atoms. The van der Waals surface area contributed by atoms with Crippen molar-refractivity contribution >= 4 is 60.4 Å². The molecule has 1 amide bonds. The van der Waals surface area contributed by atoms with Gasteiger partial charge in [0.15, 0.2) is 4.80 Å². The van der Waals surface area contributed by atoms with Crippen LogP contribution in [0.1, 0.15) is 12.8 Å². The first kappa shape index (κ1) is 19.8. The Hall–Kier alpha value is -1.52. The average molecular weight is 456 g/mol. The van der Waals surface area contributed by atoms with Crippen LogP contribution in [0.4, 0.5) is 0 Å². The summed E-state index contributed by atoms with van der Waals surface area (Å²) < 4.78 is 29.8. The number of thiophene rings is 1. The molecule has 1 saturated heterocycles. The summed E-state index contributed by atoms with van der Waals surface area (Å²) in [5.41, 5.74) is 0.859. The van der Waals surface area contributed by atoms with Crippen LogP contribution < -0.4 is 4.80 Å². The maximum atomic E-state index is 12.7. The highest BCUT2D eigenvalue weighted by atomic mass is 35.5. The maximum absolute atomic E-state index is 12.7. The molecular formula is C18H18ClN3O3S3. The minimum atomic E-state index is -3.46. The Kier molecular flexibility index (Phi) is 5.45. The summed E-state index contributed by atoms with van der Waals surface area (Å²) in [6, 6.07) is 8.97. The number of carbonyl (C=O) groups is 1. The number of sulfonamides is 1. The fraction of sp³-hybridized carbons (Fsp3) is 0.333. The van der Waals surface area contributed by atoms with Crippen LogP contribution in [0.5, 0.6) is 0 Å². The van der Waals surface area contributed by atoms with E-state index in [-0.39, 0.29) is 11.8 Å². The Morgan fingerprint density at radius 1 is 1.21 bits per heavy atom. The number of nitrogens with zero attached hydrogens (tertiary/aromatic N) is 3. The highest BCUT2D eigenvalue weighted by Gasteiger charge is 2.32. The number of halogens is 1. The van der Waals surface area contributed by atoms with E-state index in [0.29, 0.717) is 40.0 Å². The third-order valence-electron chi connectivity index (χ3n) is 4.87. The minimum Gasteiger partial charge on any atom is -0.318 e. The number of para-hydroxylation sites is 1. The van der Waals surface area contributed by atoms with Crippen LogP contribution in [-0.2, 0) is 21.9 Å². The second kappa shape index (κ2) is 7.72. The van der Waals surface area contributed by atoms with E-state index < -0.39 is 10.0 Å². The van der Waals surface area contributed by atoms with Crippen LogP contribution in [0.3, 0.4) is 0 Å². The largest absolute Gasteiger partial charge is 0.318 e. The van der Waals surface area contributed by atoms with Crippen molar-refractivity contribution in [3.63, 3.8) is 0 Å². The zero-order chi connectivity index (χ0) is 19.9. The number of hydrogen-bond donors (Lipinski definition) is 0. The van der Waals surface area contributed by atoms with Gasteiger partial charge in [-0.25, -0.2) is 8.42 Å². The first-order valence-corrected chi connectivity index (χ1v) is 12.3. The summed E-state index contributed by atoms with van der Waals surface area (Å²) in [5.74, 6) is -0.470. The van der Waals surface area contributed by atoms with Gasteiger partial charge in [-0.2, -0.15) is 9.30 Å². The van der Waals surface area contributed by atoms with Gasteiger partial charge in [0.25, 0.3) is 15.9 Å². The smallest absolute Gasteiger partial charge is 0.252 e. The number of benzene rings is 1. The molecule has 3 aromatic rings. The molecule has 1 aliphatic heterocycles. The molecule has 2 aromatic heterocycles. The lowest BCUT2D eigenvalue weighted by molar-refractivity contribution is -0.122. The Balaban J connectivity index is 1.52. The Bertz CT molecular complexity index is 1190. The van der Waals surface area contributed by atoms with Crippen molar-refractivity contribution in [3.05, 3.63) is 45.5 Å². The normalized spacial score (nSPS) is 17.4. The molecule has 1 aliphatic rings. The van der Waals surface area contributed by atoms with E-state index in [0.717, 1.165) is 10.2 Å². The topological polar surface area (TPSA) is 71.7 Å². The molecule has 0 saturated carbocycles. The van der Waals surface area contributed by atoms with Gasteiger partial charge in [-0.1, -0.05) is 35.1 Å². The van der Waals surface area contributed by atoms with Crippen molar-refractivity contribution in [1.29, 1.82) is 0 Å². The second-order valence-electron chi connectivity index (χ2n) is 6.59. The highest BCUT2D eigenvalue weighted by Crippen LogP contribution is 2.27. The molecule has 148 valence electrons. The van der Waals surface area contributed by atoms with E-state index in [4.69, 9.17) is 11.6 Å². The lowest BCUT2D eigenvalue weighted by Gasteiger charge is -2.29. The molecule has 0 bridgehead atoms. The van der Waals surface area contributed by atoms with Crippen LogP contribution in [0, 0.1) is 5.92 Å². The molecule has 10 heteroatoms. The van der Waals surface area contributed by atoms with Crippen LogP contribution in [0.2, 0.25) is 5.02 Å². The molecular weight excluding hydrogens is 438 g/mol. The van der Waals surface area contributed by atoms with Gasteiger partial charge in [0.1, 0.15) is 4.21 Å². The molecule has 1 aromatic carbocycles. The monoisotopic (exact) mass is 455 g/mol. The van der Waals surface area contributed by atoms with E-state index in [2.05, 4.69) is 4.99 Å². The summed E-state index contributed by atoms with van der Waals surface area (Å²) in [6.07, 6.45) is 0.949. The minimum absolute atomic E-state index is 0.202. The van der Waals surface area contributed by atoms with E-state index >= 15 is 0 Å². The number of hydrogen-bond acceptors (Lipinski definition) is 5. The third kappa shape index (κ3) is 3.57. The highest BCUT2D eigenvalue weighted by molar-refractivity contribution is 7.91. The Morgan fingerprint density at radius 2 is 1.96 bits per heavy atom. The van der Waals surface area contributed by atoms with Gasteiger partial charge in [-0.15, -0.1) is 11.3 Å². The van der Waals surface area contributed by atoms with E-state index in [1.165, 1.54) is 27.0 Å². The number of fused-ring (bicyclic) bond motifs is 1. The summed E-state index contributed by atoms with van der Waals surface area (Å²) in [4.78, 5) is 17.6. The van der Waals surface area contributed by atoms with E-state index in [9.17, 15) is 13.2 Å². The molecule has 0 atom stereocenters. The van der Waals surface area contributed by atoms with Crippen LogP contribution >= 0.6 is 34.3 Å². The van der Waals surface area contributed by atoms with Gasteiger partial charge in [0.2, 0.25) is 0 Å². The van der Waals surface area contributed by atoms with Crippen molar-refractivity contribution in [3.8, 4) is 0 Å². The molecule has 0 radical (unpaired) electrons. The standard InChI is InChI=1S/C18H18ClN3O3S3/c1-21-16-13(19)4-2-5-14(16)27-18(21)20-17(23)12-7-9-22(10-8-12)28(24,25)15-6-3-11-26-15/h2-6,11-12H,7-10H2,1H3. The molecule has 0 aliphatic carbocycles. The number of rotatable bonds is 3. The number of piperidine rings is 1. The second-order valence-corrected chi connectivity index (χ2v) is 11.1. The van der Waals surface area contributed by atoms with Gasteiger partial charge in [0.05, 0.1) is 15.2 Å². The van der Waals surface area contributed by atoms with E-state index in [1.54, 1.807) is 17.5 Å². The molecule has 0 N–H and O–H groups in total.